The number of esters is 1. The number of rotatable bonds is 4. The van der Waals surface area contributed by atoms with Crippen LogP contribution < -0.4 is 5.32 Å². The van der Waals surface area contributed by atoms with E-state index in [2.05, 4.69) is 10.1 Å². The number of methoxy groups -OCH3 is 1. The van der Waals surface area contributed by atoms with Crippen LogP contribution in [0.25, 0.3) is 0 Å². The standard InChI is InChI=1S/C12H11NO6/c1-19-10(17)5-4-9(16)13-11-7(6-14)2-3-8(15)12(11)18/h2-6,15,18H,1H3,(H,13,16). The van der Waals surface area contributed by atoms with Crippen molar-refractivity contribution in [2.75, 3.05) is 12.4 Å². The van der Waals surface area contributed by atoms with Gasteiger partial charge in [0.2, 0.25) is 5.91 Å². The van der Waals surface area contributed by atoms with E-state index < -0.39 is 23.4 Å². The average molecular weight is 265 g/mol. The van der Waals surface area contributed by atoms with E-state index in [1.165, 1.54) is 6.07 Å². The SMILES string of the molecule is COC(=O)C=CC(=O)Nc1c(C=O)ccc(O)c1O. The van der Waals surface area contributed by atoms with Gasteiger partial charge < -0.3 is 20.3 Å². The highest BCUT2D eigenvalue weighted by molar-refractivity contribution is 6.06. The molecule has 0 spiro atoms. The molecule has 19 heavy (non-hydrogen) atoms. The van der Waals surface area contributed by atoms with Gasteiger partial charge in [-0.05, 0) is 12.1 Å². The number of ether oxygens (including phenoxy) is 1. The van der Waals surface area contributed by atoms with E-state index in [-0.39, 0.29) is 11.3 Å². The van der Waals surface area contributed by atoms with Crippen molar-refractivity contribution in [1.29, 1.82) is 0 Å². The summed E-state index contributed by atoms with van der Waals surface area (Å²) in [6.45, 7) is 0. The molecular weight excluding hydrogens is 254 g/mol. The fourth-order valence-corrected chi connectivity index (χ4v) is 1.20. The molecule has 7 nitrogen and oxygen atoms in total. The molecule has 1 rings (SSSR count). The molecule has 0 atom stereocenters. The zero-order valence-electron chi connectivity index (χ0n) is 9.91. The monoisotopic (exact) mass is 265 g/mol. The highest BCUT2D eigenvalue weighted by Crippen LogP contribution is 2.35. The molecule has 0 radical (unpaired) electrons. The lowest BCUT2D eigenvalue weighted by Crippen LogP contribution is -2.11. The molecule has 0 saturated carbocycles. The summed E-state index contributed by atoms with van der Waals surface area (Å²) in [4.78, 5) is 33.0. The number of phenols is 2. The second-order valence-electron chi connectivity index (χ2n) is 3.36. The number of aromatic hydroxyl groups is 2. The normalized spacial score (nSPS) is 10.2. The van der Waals surface area contributed by atoms with Crippen molar-refractivity contribution in [3.05, 3.63) is 29.8 Å². The van der Waals surface area contributed by atoms with Crippen LogP contribution in [-0.4, -0.2) is 35.5 Å². The summed E-state index contributed by atoms with van der Waals surface area (Å²) in [5.41, 5.74) is -0.260. The van der Waals surface area contributed by atoms with E-state index in [4.69, 9.17) is 0 Å². The molecular formula is C12H11NO6. The second-order valence-corrected chi connectivity index (χ2v) is 3.36. The Kier molecular flexibility index (Phi) is 4.64. The molecule has 0 bridgehead atoms. The van der Waals surface area contributed by atoms with Gasteiger partial charge in [0.15, 0.2) is 17.8 Å². The largest absolute Gasteiger partial charge is 0.504 e. The van der Waals surface area contributed by atoms with Gasteiger partial charge >= 0.3 is 5.97 Å². The van der Waals surface area contributed by atoms with E-state index in [9.17, 15) is 24.6 Å². The molecule has 0 unspecified atom stereocenters. The van der Waals surface area contributed by atoms with Crippen LogP contribution in [0.5, 0.6) is 11.5 Å². The second kappa shape index (κ2) is 6.20. The van der Waals surface area contributed by atoms with Gasteiger partial charge in [-0.3, -0.25) is 9.59 Å². The molecule has 7 heteroatoms. The van der Waals surface area contributed by atoms with Crippen molar-refractivity contribution >= 4 is 23.9 Å². The summed E-state index contributed by atoms with van der Waals surface area (Å²) in [5, 5.41) is 21.0. The first-order valence-electron chi connectivity index (χ1n) is 5.06. The first-order valence-corrected chi connectivity index (χ1v) is 5.06. The molecule has 100 valence electrons. The quantitative estimate of drug-likeness (QED) is 0.317. The topological polar surface area (TPSA) is 113 Å². The number of hydrogen-bond donors (Lipinski definition) is 3. The van der Waals surface area contributed by atoms with Crippen LogP contribution in [0.3, 0.4) is 0 Å². The predicted molar refractivity (Wildman–Crippen MR) is 64.9 cm³/mol. The van der Waals surface area contributed by atoms with Gasteiger partial charge in [0.05, 0.1) is 12.8 Å². The lowest BCUT2D eigenvalue weighted by Gasteiger charge is -2.09. The lowest BCUT2D eigenvalue weighted by atomic mass is 10.1. The maximum absolute atomic E-state index is 11.5. The van der Waals surface area contributed by atoms with Gasteiger partial charge in [0.1, 0.15) is 0 Å². The Balaban J connectivity index is 2.96. The summed E-state index contributed by atoms with van der Waals surface area (Å²) in [7, 11) is 1.15. The van der Waals surface area contributed by atoms with Crippen molar-refractivity contribution in [1.82, 2.24) is 0 Å². The van der Waals surface area contributed by atoms with Crippen molar-refractivity contribution in [2.45, 2.75) is 0 Å². The van der Waals surface area contributed by atoms with E-state index in [1.54, 1.807) is 0 Å². The van der Waals surface area contributed by atoms with E-state index in [0.717, 1.165) is 25.3 Å². The van der Waals surface area contributed by atoms with Gasteiger partial charge in [0, 0.05) is 17.7 Å². The fraction of sp³-hybridized carbons (Fsp3) is 0.0833. The Labute approximate surface area is 108 Å². The molecule has 0 saturated heterocycles. The molecule has 0 aliphatic carbocycles. The Morgan fingerprint density at radius 2 is 1.95 bits per heavy atom. The Morgan fingerprint density at radius 1 is 1.26 bits per heavy atom. The van der Waals surface area contributed by atoms with Crippen molar-refractivity contribution in [3.63, 3.8) is 0 Å². The highest BCUT2D eigenvalue weighted by Gasteiger charge is 2.13. The predicted octanol–water partition coefficient (Wildman–Crippen LogP) is 0.578. The number of anilines is 1. The van der Waals surface area contributed by atoms with E-state index in [1.807, 2.05) is 0 Å². The first kappa shape index (κ1) is 14.2. The Hall–Kier alpha value is -2.83. The lowest BCUT2D eigenvalue weighted by molar-refractivity contribution is -0.135. The molecule has 0 aromatic heterocycles. The minimum atomic E-state index is -0.769. The maximum atomic E-state index is 11.5. The van der Waals surface area contributed by atoms with Gasteiger partial charge in [-0.1, -0.05) is 0 Å². The minimum absolute atomic E-state index is 0.0184. The van der Waals surface area contributed by atoms with Crippen LogP contribution in [0.1, 0.15) is 10.4 Å². The maximum Gasteiger partial charge on any atom is 0.330 e. The molecule has 0 fully saturated rings. The summed E-state index contributed by atoms with van der Waals surface area (Å²) < 4.78 is 4.29. The van der Waals surface area contributed by atoms with Crippen molar-refractivity contribution < 1.29 is 29.3 Å². The van der Waals surface area contributed by atoms with Gasteiger partial charge in [0.25, 0.3) is 0 Å². The Morgan fingerprint density at radius 3 is 2.53 bits per heavy atom. The summed E-state index contributed by atoms with van der Waals surface area (Å²) in [5.74, 6) is -2.62. The third kappa shape index (κ3) is 3.56. The number of carbonyl (C=O) groups excluding carboxylic acids is 3. The minimum Gasteiger partial charge on any atom is -0.504 e. The molecule has 3 N–H and O–H groups in total. The van der Waals surface area contributed by atoms with Crippen LogP contribution in [0.4, 0.5) is 5.69 Å². The number of amides is 1. The summed E-state index contributed by atoms with van der Waals surface area (Å²) >= 11 is 0. The zero-order chi connectivity index (χ0) is 14.4. The molecule has 1 amide bonds. The van der Waals surface area contributed by atoms with Gasteiger partial charge in [-0.15, -0.1) is 0 Å². The average Bonchev–Trinajstić information content (AvgIpc) is 2.41. The third-order valence-corrected chi connectivity index (χ3v) is 2.14. The van der Waals surface area contributed by atoms with Crippen LogP contribution in [0.2, 0.25) is 0 Å². The first-order chi connectivity index (χ1) is 8.99. The number of aldehydes is 1. The van der Waals surface area contributed by atoms with E-state index >= 15 is 0 Å². The van der Waals surface area contributed by atoms with Crippen LogP contribution in [-0.2, 0) is 14.3 Å². The molecule has 1 aromatic rings. The molecule has 0 heterocycles. The zero-order valence-corrected chi connectivity index (χ0v) is 9.91. The molecule has 0 aliphatic rings. The number of carbonyl (C=O) groups is 3. The molecule has 1 aromatic carbocycles. The van der Waals surface area contributed by atoms with Crippen LogP contribution in [0.15, 0.2) is 24.3 Å². The Bertz CT molecular complexity index is 549. The van der Waals surface area contributed by atoms with Gasteiger partial charge in [-0.2, -0.15) is 0 Å². The third-order valence-electron chi connectivity index (χ3n) is 2.14. The molecule has 0 aliphatic heterocycles. The number of phenolic OH excluding ortho intramolecular Hbond substituents is 2. The number of hydrogen-bond acceptors (Lipinski definition) is 6. The van der Waals surface area contributed by atoms with Crippen molar-refractivity contribution in [3.8, 4) is 11.5 Å². The summed E-state index contributed by atoms with van der Waals surface area (Å²) in [6.07, 6.45) is 2.14. The number of nitrogens with one attached hydrogen (secondary N) is 1. The smallest absolute Gasteiger partial charge is 0.330 e. The van der Waals surface area contributed by atoms with Gasteiger partial charge in [-0.25, -0.2) is 4.79 Å². The summed E-state index contributed by atoms with van der Waals surface area (Å²) in [6, 6.07) is 2.33. The number of benzene rings is 1. The van der Waals surface area contributed by atoms with Crippen molar-refractivity contribution in [2.24, 2.45) is 0 Å². The van der Waals surface area contributed by atoms with Crippen LogP contribution >= 0.6 is 0 Å². The van der Waals surface area contributed by atoms with E-state index in [0.29, 0.717) is 6.29 Å². The highest BCUT2D eigenvalue weighted by atomic mass is 16.5. The fourth-order valence-electron chi connectivity index (χ4n) is 1.20. The van der Waals surface area contributed by atoms with Crippen LogP contribution in [0, 0.1) is 0 Å².